The van der Waals surface area contributed by atoms with Crippen molar-refractivity contribution in [1.29, 1.82) is 0 Å². The van der Waals surface area contributed by atoms with E-state index in [0.29, 0.717) is 12.5 Å². The molecule has 0 radical (unpaired) electrons. The minimum absolute atomic E-state index is 0.147. The SMILES string of the molecule is COc1ccc(OC[C@@H](C)NC(=O)[C@@H](C)Oc2ccccc2C(C)C)cc1. The Hall–Kier alpha value is -2.69. The topological polar surface area (TPSA) is 56.8 Å². The van der Waals surface area contributed by atoms with Crippen LogP contribution in [-0.4, -0.2) is 31.8 Å². The fraction of sp³-hybridized carbons (Fsp3) is 0.409. The van der Waals surface area contributed by atoms with Gasteiger partial charge in [-0.1, -0.05) is 32.0 Å². The Bertz CT molecular complexity index is 727. The van der Waals surface area contributed by atoms with E-state index >= 15 is 0 Å². The molecule has 2 aromatic rings. The van der Waals surface area contributed by atoms with Gasteiger partial charge in [-0.3, -0.25) is 4.79 Å². The van der Waals surface area contributed by atoms with Crippen LogP contribution in [0.5, 0.6) is 17.2 Å². The number of hydrogen-bond acceptors (Lipinski definition) is 4. The number of ether oxygens (including phenoxy) is 3. The van der Waals surface area contributed by atoms with Gasteiger partial charge in [0.2, 0.25) is 0 Å². The molecule has 0 spiro atoms. The number of rotatable bonds is 9. The summed E-state index contributed by atoms with van der Waals surface area (Å²) in [5.74, 6) is 2.41. The number of carbonyl (C=O) groups is 1. The summed E-state index contributed by atoms with van der Waals surface area (Å²) in [6.07, 6.45) is -0.590. The summed E-state index contributed by atoms with van der Waals surface area (Å²) >= 11 is 0. The number of para-hydroxylation sites is 1. The molecule has 2 aromatic carbocycles. The van der Waals surface area contributed by atoms with Crippen molar-refractivity contribution in [2.45, 2.75) is 45.8 Å². The van der Waals surface area contributed by atoms with E-state index in [4.69, 9.17) is 14.2 Å². The van der Waals surface area contributed by atoms with Gasteiger partial charge in [0, 0.05) is 0 Å². The van der Waals surface area contributed by atoms with Crippen LogP contribution >= 0.6 is 0 Å². The Morgan fingerprint density at radius 3 is 2.22 bits per heavy atom. The van der Waals surface area contributed by atoms with E-state index in [-0.39, 0.29) is 11.9 Å². The van der Waals surface area contributed by atoms with Crippen LogP contribution in [0.3, 0.4) is 0 Å². The quantitative estimate of drug-likeness (QED) is 0.719. The lowest BCUT2D eigenvalue weighted by molar-refractivity contribution is -0.128. The largest absolute Gasteiger partial charge is 0.497 e. The van der Waals surface area contributed by atoms with E-state index < -0.39 is 6.10 Å². The zero-order valence-corrected chi connectivity index (χ0v) is 16.7. The predicted octanol–water partition coefficient (Wildman–Crippen LogP) is 4.17. The second-order valence-corrected chi connectivity index (χ2v) is 6.85. The first-order valence-corrected chi connectivity index (χ1v) is 9.23. The first-order chi connectivity index (χ1) is 12.9. The van der Waals surface area contributed by atoms with Crippen LogP contribution in [0.2, 0.25) is 0 Å². The molecule has 1 N–H and O–H groups in total. The first kappa shape index (κ1) is 20.6. The molecular formula is C22H29NO4. The Labute approximate surface area is 161 Å². The molecule has 27 heavy (non-hydrogen) atoms. The van der Waals surface area contributed by atoms with Crippen LogP contribution in [0.4, 0.5) is 0 Å². The fourth-order valence-corrected chi connectivity index (χ4v) is 2.60. The molecule has 5 heteroatoms. The van der Waals surface area contributed by atoms with Crippen LogP contribution in [0.1, 0.15) is 39.2 Å². The molecule has 0 fully saturated rings. The molecule has 2 atom stereocenters. The van der Waals surface area contributed by atoms with Gasteiger partial charge in [0.25, 0.3) is 5.91 Å². The minimum Gasteiger partial charge on any atom is -0.497 e. The van der Waals surface area contributed by atoms with Gasteiger partial charge in [0.05, 0.1) is 13.2 Å². The van der Waals surface area contributed by atoms with Crippen molar-refractivity contribution in [3.63, 3.8) is 0 Å². The van der Waals surface area contributed by atoms with E-state index in [1.54, 1.807) is 14.0 Å². The van der Waals surface area contributed by atoms with Crippen molar-refractivity contribution < 1.29 is 19.0 Å². The zero-order chi connectivity index (χ0) is 19.8. The smallest absolute Gasteiger partial charge is 0.261 e. The maximum Gasteiger partial charge on any atom is 0.261 e. The molecule has 5 nitrogen and oxygen atoms in total. The number of nitrogens with one attached hydrogen (secondary N) is 1. The Kier molecular flexibility index (Phi) is 7.53. The Balaban J connectivity index is 1.84. The zero-order valence-electron chi connectivity index (χ0n) is 16.7. The van der Waals surface area contributed by atoms with Crippen LogP contribution < -0.4 is 19.5 Å². The standard InChI is InChI=1S/C22H29NO4/c1-15(2)20-8-6-7-9-21(20)27-17(4)22(24)23-16(3)14-26-19-12-10-18(25-5)11-13-19/h6-13,15-17H,14H2,1-5H3,(H,23,24)/t16-,17-/m1/s1. The third-order valence-electron chi connectivity index (χ3n) is 4.16. The van der Waals surface area contributed by atoms with Crippen molar-refractivity contribution >= 4 is 5.91 Å². The maximum absolute atomic E-state index is 12.4. The molecule has 0 aliphatic rings. The molecular weight excluding hydrogens is 342 g/mol. The average Bonchev–Trinajstić information content (AvgIpc) is 2.67. The Morgan fingerprint density at radius 1 is 0.963 bits per heavy atom. The highest BCUT2D eigenvalue weighted by molar-refractivity contribution is 5.81. The summed E-state index contributed by atoms with van der Waals surface area (Å²) in [6.45, 7) is 8.23. The lowest BCUT2D eigenvalue weighted by Gasteiger charge is -2.21. The molecule has 0 saturated heterocycles. The number of benzene rings is 2. The van der Waals surface area contributed by atoms with Gasteiger partial charge in [-0.2, -0.15) is 0 Å². The third-order valence-corrected chi connectivity index (χ3v) is 4.16. The van der Waals surface area contributed by atoms with Gasteiger partial charge in [0.1, 0.15) is 23.9 Å². The van der Waals surface area contributed by atoms with Crippen LogP contribution in [0.25, 0.3) is 0 Å². The summed E-state index contributed by atoms with van der Waals surface area (Å²) in [7, 11) is 1.62. The highest BCUT2D eigenvalue weighted by atomic mass is 16.5. The van der Waals surface area contributed by atoms with Gasteiger partial charge in [0.15, 0.2) is 6.10 Å². The lowest BCUT2D eigenvalue weighted by Crippen LogP contribution is -2.43. The van der Waals surface area contributed by atoms with Gasteiger partial charge in [-0.25, -0.2) is 0 Å². The van der Waals surface area contributed by atoms with Crippen molar-refractivity contribution in [2.75, 3.05) is 13.7 Å². The molecule has 0 saturated carbocycles. The van der Waals surface area contributed by atoms with E-state index in [2.05, 4.69) is 19.2 Å². The molecule has 1 amide bonds. The minimum atomic E-state index is -0.590. The first-order valence-electron chi connectivity index (χ1n) is 9.23. The van der Waals surface area contributed by atoms with Crippen LogP contribution in [-0.2, 0) is 4.79 Å². The van der Waals surface area contributed by atoms with Crippen LogP contribution in [0.15, 0.2) is 48.5 Å². The molecule has 0 aliphatic carbocycles. The van der Waals surface area contributed by atoms with Gasteiger partial charge in [-0.05, 0) is 55.7 Å². The van der Waals surface area contributed by atoms with Crippen molar-refractivity contribution in [3.8, 4) is 17.2 Å². The third kappa shape index (κ3) is 6.20. The number of methoxy groups -OCH3 is 1. The molecule has 2 rings (SSSR count). The second-order valence-electron chi connectivity index (χ2n) is 6.85. The average molecular weight is 371 g/mol. The fourth-order valence-electron chi connectivity index (χ4n) is 2.60. The van der Waals surface area contributed by atoms with E-state index in [9.17, 15) is 4.79 Å². The Morgan fingerprint density at radius 2 is 1.59 bits per heavy atom. The van der Waals surface area contributed by atoms with Gasteiger partial charge < -0.3 is 19.5 Å². The molecule has 0 aromatic heterocycles. The van der Waals surface area contributed by atoms with Crippen molar-refractivity contribution in [2.24, 2.45) is 0 Å². The predicted molar refractivity (Wildman–Crippen MR) is 107 cm³/mol. The van der Waals surface area contributed by atoms with Crippen molar-refractivity contribution in [1.82, 2.24) is 5.32 Å². The highest BCUT2D eigenvalue weighted by Crippen LogP contribution is 2.26. The van der Waals surface area contributed by atoms with E-state index in [1.807, 2.05) is 55.5 Å². The maximum atomic E-state index is 12.4. The second kappa shape index (κ2) is 9.86. The monoisotopic (exact) mass is 371 g/mol. The number of hydrogen-bond donors (Lipinski definition) is 1. The van der Waals surface area contributed by atoms with Crippen molar-refractivity contribution in [3.05, 3.63) is 54.1 Å². The summed E-state index contributed by atoms with van der Waals surface area (Å²) < 4.78 is 16.7. The molecule has 146 valence electrons. The highest BCUT2D eigenvalue weighted by Gasteiger charge is 2.19. The summed E-state index contributed by atoms with van der Waals surface area (Å²) in [4.78, 5) is 12.4. The summed E-state index contributed by atoms with van der Waals surface area (Å²) in [5.41, 5.74) is 1.09. The molecule has 0 aliphatic heterocycles. The number of carbonyl (C=O) groups excluding carboxylic acids is 1. The van der Waals surface area contributed by atoms with E-state index in [1.165, 1.54) is 0 Å². The normalized spacial score (nSPS) is 13.0. The summed E-state index contributed by atoms with van der Waals surface area (Å²) in [6, 6.07) is 15.0. The molecule has 0 heterocycles. The number of amides is 1. The van der Waals surface area contributed by atoms with Crippen LogP contribution in [0, 0.1) is 0 Å². The lowest BCUT2D eigenvalue weighted by atomic mass is 10.0. The van der Waals surface area contributed by atoms with Gasteiger partial charge in [-0.15, -0.1) is 0 Å². The molecule has 0 bridgehead atoms. The molecule has 0 unspecified atom stereocenters. The summed E-state index contributed by atoms with van der Waals surface area (Å²) in [5, 5.41) is 2.93. The van der Waals surface area contributed by atoms with E-state index in [0.717, 1.165) is 22.8 Å². The van der Waals surface area contributed by atoms with Gasteiger partial charge >= 0.3 is 0 Å².